The first-order chi connectivity index (χ1) is 10.6. The van der Waals surface area contributed by atoms with E-state index in [9.17, 15) is 9.18 Å². The fourth-order valence-electron chi connectivity index (χ4n) is 3.96. The van der Waals surface area contributed by atoms with Crippen LogP contribution in [0.5, 0.6) is 0 Å². The summed E-state index contributed by atoms with van der Waals surface area (Å²) in [6.07, 6.45) is 3.52. The molecule has 1 aromatic rings. The number of hydrogen-bond acceptors (Lipinski definition) is 3. The minimum atomic E-state index is -0.361. The summed E-state index contributed by atoms with van der Waals surface area (Å²) >= 11 is 3.54. The van der Waals surface area contributed by atoms with Crippen LogP contribution < -0.4 is 5.32 Å². The molecule has 4 unspecified atom stereocenters. The number of hydrogen-bond donors (Lipinski definition) is 1. The molecule has 4 atom stereocenters. The number of ether oxygens (including phenoxy) is 1. The van der Waals surface area contributed by atoms with Crippen molar-refractivity contribution in [2.45, 2.75) is 43.7 Å². The quantitative estimate of drug-likeness (QED) is 0.827. The highest BCUT2D eigenvalue weighted by molar-refractivity contribution is 9.10. The third-order valence-corrected chi connectivity index (χ3v) is 5.76. The van der Waals surface area contributed by atoms with Crippen LogP contribution in [-0.2, 0) is 16.0 Å². The van der Waals surface area contributed by atoms with Gasteiger partial charge in [-0.2, -0.15) is 0 Å². The molecule has 3 nitrogen and oxygen atoms in total. The van der Waals surface area contributed by atoms with E-state index in [0.29, 0.717) is 12.5 Å². The van der Waals surface area contributed by atoms with E-state index in [1.165, 1.54) is 7.11 Å². The molecule has 2 heterocycles. The summed E-state index contributed by atoms with van der Waals surface area (Å²) in [6, 6.07) is 6.76. The van der Waals surface area contributed by atoms with Gasteiger partial charge in [0.1, 0.15) is 0 Å². The SMILES string of the molecule is COC(=O)C1C2CCC(CC1c1ccc(CCF)c(Br)c1)N2. The van der Waals surface area contributed by atoms with Gasteiger partial charge in [-0.15, -0.1) is 0 Å². The minimum Gasteiger partial charge on any atom is -0.469 e. The van der Waals surface area contributed by atoms with Crippen molar-refractivity contribution in [3.63, 3.8) is 0 Å². The van der Waals surface area contributed by atoms with Gasteiger partial charge in [-0.1, -0.05) is 28.1 Å². The summed E-state index contributed by atoms with van der Waals surface area (Å²) in [7, 11) is 1.46. The maximum Gasteiger partial charge on any atom is 0.310 e. The van der Waals surface area contributed by atoms with Crippen LogP contribution in [0, 0.1) is 5.92 Å². The van der Waals surface area contributed by atoms with Gasteiger partial charge in [-0.25, -0.2) is 0 Å². The molecule has 0 saturated carbocycles. The largest absolute Gasteiger partial charge is 0.469 e. The Labute approximate surface area is 138 Å². The van der Waals surface area contributed by atoms with Crippen molar-refractivity contribution in [3.8, 4) is 0 Å². The monoisotopic (exact) mass is 369 g/mol. The average molecular weight is 370 g/mol. The number of piperidine rings is 1. The second-order valence-electron chi connectivity index (χ2n) is 6.23. The van der Waals surface area contributed by atoms with Crippen LogP contribution in [0.3, 0.4) is 0 Å². The number of esters is 1. The summed E-state index contributed by atoms with van der Waals surface area (Å²) in [5.41, 5.74) is 2.11. The molecule has 2 fully saturated rings. The molecule has 2 aliphatic rings. The number of fused-ring (bicyclic) bond motifs is 2. The Morgan fingerprint density at radius 2 is 2.27 bits per heavy atom. The predicted molar refractivity (Wildman–Crippen MR) is 86.6 cm³/mol. The standard InChI is InChI=1S/C17H21BrFNO2/c1-22-17(21)16-13(9-12-4-5-15(16)20-12)11-3-2-10(6-7-19)14(18)8-11/h2-3,8,12-13,15-16,20H,4-7,9H2,1H3. The molecule has 22 heavy (non-hydrogen) atoms. The summed E-state index contributed by atoms with van der Waals surface area (Å²) in [6.45, 7) is -0.361. The molecule has 3 rings (SSSR count). The molecule has 0 radical (unpaired) electrons. The number of alkyl halides is 1. The lowest BCUT2D eigenvalue weighted by atomic mass is 9.77. The molecular formula is C17H21BrFNO2. The smallest absolute Gasteiger partial charge is 0.310 e. The molecule has 5 heteroatoms. The first-order valence-corrected chi connectivity index (χ1v) is 8.61. The van der Waals surface area contributed by atoms with E-state index in [-0.39, 0.29) is 30.5 Å². The highest BCUT2D eigenvalue weighted by Gasteiger charge is 2.46. The molecule has 0 amide bonds. The third-order valence-electron chi connectivity index (χ3n) is 5.02. The Hall–Kier alpha value is -0.940. The normalized spacial score (nSPS) is 30.3. The van der Waals surface area contributed by atoms with Gasteiger partial charge in [0.2, 0.25) is 0 Å². The molecule has 2 saturated heterocycles. The van der Waals surface area contributed by atoms with E-state index in [2.05, 4.69) is 27.3 Å². The molecule has 1 N–H and O–H groups in total. The fourth-order valence-corrected chi connectivity index (χ4v) is 4.55. The summed E-state index contributed by atoms with van der Waals surface area (Å²) in [5, 5.41) is 3.54. The lowest BCUT2D eigenvalue weighted by Gasteiger charge is -2.36. The van der Waals surface area contributed by atoms with Crippen LogP contribution in [-0.4, -0.2) is 31.8 Å². The maximum atomic E-state index is 12.5. The lowest BCUT2D eigenvalue weighted by molar-refractivity contribution is -0.148. The summed E-state index contributed by atoms with van der Waals surface area (Å²) in [4.78, 5) is 12.3. The molecule has 120 valence electrons. The Morgan fingerprint density at radius 3 is 2.95 bits per heavy atom. The van der Waals surface area contributed by atoms with Crippen molar-refractivity contribution in [1.29, 1.82) is 0 Å². The van der Waals surface area contributed by atoms with Crippen LogP contribution in [0.25, 0.3) is 0 Å². The number of rotatable bonds is 4. The van der Waals surface area contributed by atoms with Crippen LogP contribution in [0.4, 0.5) is 4.39 Å². The van der Waals surface area contributed by atoms with Crippen LogP contribution in [0.1, 0.15) is 36.3 Å². The number of methoxy groups -OCH3 is 1. The van der Waals surface area contributed by atoms with Gasteiger partial charge in [0, 0.05) is 28.9 Å². The van der Waals surface area contributed by atoms with Gasteiger partial charge in [-0.3, -0.25) is 9.18 Å². The zero-order valence-electron chi connectivity index (χ0n) is 12.6. The molecule has 0 spiro atoms. The van der Waals surface area contributed by atoms with E-state index < -0.39 is 0 Å². The number of nitrogens with one attached hydrogen (secondary N) is 1. The van der Waals surface area contributed by atoms with E-state index in [1.54, 1.807) is 0 Å². The predicted octanol–water partition coefficient (Wildman–Crippen LogP) is 3.36. The maximum absolute atomic E-state index is 12.5. The molecule has 0 aromatic heterocycles. The zero-order valence-corrected chi connectivity index (χ0v) is 14.2. The van der Waals surface area contributed by atoms with Gasteiger partial charge in [0.05, 0.1) is 19.7 Å². The van der Waals surface area contributed by atoms with E-state index in [1.807, 2.05) is 12.1 Å². The van der Waals surface area contributed by atoms with Crippen molar-refractivity contribution in [1.82, 2.24) is 5.32 Å². The second-order valence-corrected chi connectivity index (χ2v) is 7.08. The van der Waals surface area contributed by atoms with Crippen LogP contribution >= 0.6 is 15.9 Å². The van der Waals surface area contributed by atoms with Gasteiger partial charge in [0.15, 0.2) is 0 Å². The van der Waals surface area contributed by atoms with Crippen molar-refractivity contribution in [2.75, 3.05) is 13.8 Å². The highest BCUT2D eigenvalue weighted by Crippen LogP contribution is 2.43. The van der Waals surface area contributed by atoms with E-state index in [4.69, 9.17) is 4.74 Å². The Morgan fingerprint density at radius 1 is 1.45 bits per heavy atom. The van der Waals surface area contributed by atoms with Crippen molar-refractivity contribution in [2.24, 2.45) is 5.92 Å². The van der Waals surface area contributed by atoms with Gasteiger partial charge in [0.25, 0.3) is 0 Å². The molecule has 2 aliphatic heterocycles. The number of carbonyl (C=O) groups excluding carboxylic acids is 1. The lowest BCUT2D eigenvalue weighted by Crippen LogP contribution is -2.48. The average Bonchev–Trinajstić information content (AvgIpc) is 2.90. The molecule has 2 bridgehead atoms. The van der Waals surface area contributed by atoms with Gasteiger partial charge < -0.3 is 10.1 Å². The Balaban J connectivity index is 1.91. The third kappa shape index (κ3) is 2.93. The first kappa shape index (κ1) is 15.9. The van der Waals surface area contributed by atoms with Crippen molar-refractivity contribution in [3.05, 3.63) is 33.8 Å². The van der Waals surface area contributed by atoms with Gasteiger partial charge >= 0.3 is 5.97 Å². The molecule has 0 aliphatic carbocycles. The zero-order chi connectivity index (χ0) is 15.7. The fraction of sp³-hybridized carbons (Fsp3) is 0.588. The first-order valence-electron chi connectivity index (χ1n) is 7.82. The second kappa shape index (κ2) is 6.67. The number of benzene rings is 1. The number of aryl methyl sites for hydroxylation is 1. The van der Waals surface area contributed by atoms with Crippen molar-refractivity contribution < 1.29 is 13.9 Å². The number of carbonyl (C=O) groups is 1. The van der Waals surface area contributed by atoms with E-state index in [0.717, 1.165) is 34.9 Å². The minimum absolute atomic E-state index is 0.133. The van der Waals surface area contributed by atoms with Crippen molar-refractivity contribution >= 4 is 21.9 Å². The topological polar surface area (TPSA) is 38.3 Å². The van der Waals surface area contributed by atoms with E-state index >= 15 is 0 Å². The van der Waals surface area contributed by atoms with Crippen LogP contribution in [0.15, 0.2) is 22.7 Å². The summed E-state index contributed by atoms with van der Waals surface area (Å²) in [5.74, 6) is -0.101. The highest BCUT2D eigenvalue weighted by atomic mass is 79.9. The van der Waals surface area contributed by atoms with Crippen LogP contribution in [0.2, 0.25) is 0 Å². The summed E-state index contributed by atoms with van der Waals surface area (Å²) < 4.78 is 18.5. The Bertz CT molecular complexity index is 566. The van der Waals surface area contributed by atoms with Gasteiger partial charge in [-0.05, 0) is 36.5 Å². The number of halogens is 2. The molecule has 1 aromatic carbocycles. The molecular weight excluding hydrogens is 349 g/mol. The Kier molecular flexibility index (Phi) is 4.83.